The summed E-state index contributed by atoms with van der Waals surface area (Å²) in [5, 5.41) is 0. The zero-order chi connectivity index (χ0) is 9.05. The molecule has 13 heavy (non-hydrogen) atoms. The molecule has 0 saturated heterocycles. The summed E-state index contributed by atoms with van der Waals surface area (Å²) in [7, 11) is 0. The van der Waals surface area contributed by atoms with Crippen LogP contribution < -0.4 is 5.73 Å². The second-order valence-corrected chi connectivity index (χ2v) is 6.08. The first-order chi connectivity index (χ1) is 6.16. The fourth-order valence-corrected chi connectivity index (χ4v) is 4.52. The van der Waals surface area contributed by atoms with Gasteiger partial charge in [-0.2, -0.15) is 0 Å². The molecule has 1 heteroatoms. The number of hydrogen-bond acceptors (Lipinski definition) is 1. The van der Waals surface area contributed by atoms with Crippen LogP contribution in [-0.4, -0.2) is 5.54 Å². The van der Waals surface area contributed by atoms with Crippen molar-refractivity contribution < 1.29 is 0 Å². The van der Waals surface area contributed by atoms with Gasteiger partial charge in [-0.05, 0) is 62.2 Å². The average Bonchev–Trinajstić information content (AvgIpc) is 2.12. The maximum atomic E-state index is 6.56. The van der Waals surface area contributed by atoms with Crippen molar-refractivity contribution in [2.24, 2.45) is 29.4 Å². The van der Waals surface area contributed by atoms with E-state index in [1.807, 2.05) is 0 Å². The highest BCUT2D eigenvalue weighted by Gasteiger charge is 2.48. The molecule has 0 spiro atoms. The van der Waals surface area contributed by atoms with Crippen LogP contribution in [0.25, 0.3) is 0 Å². The zero-order valence-corrected chi connectivity index (χ0v) is 8.63. The van der Waals surface area contributed by atoms with E-state index in [1.54, 1.807) is 0 Å². The summed E-state index contributed by atoms with van der Waals surface area (Å²) >= 11 is 0. The minimum Gasteiger partial charge on any atom is -0.325 e. The minimum absolute atomic E-state index is 0.235. The van der Waals surface area contributed by atoms with Crippen molar-refractivity contribution >= 4 is 0 Å². The molecule has 0 radical (unpaired) electrons. The van der Waals surface area contributed by atoms with Crippen molar-refractivity contribution in [3.05, 3.63) is 0 Å². The maximum absolute atomic E-state index is 6.56. The lowest BCUT2D eigenvalue weighted by atomic mass is 9.64. The zero-order valence-electron chi connectivity index (χ0n) is 8.63. The minimum atomic E-state index is 0.235. The van der Waals surface area contributed by atoms with Gasteiger partial charge >= 0.3 is 0 Å². The summed E-state index contributed by atoms with van der Waals surface area (Å²) < 4.78 is 0. The Morgan fingerprint density at radius 3 is 2.08 bits per heavy atom. The first kappa shape index (κ1) is 8.28. The highest BCUT2D eigenvalue weighted by atomic mass is 14.8. The highest BCUT2D eigenvalue weighted by Crippen LogP contribution is 2.53. The number of nitrogens with two attached hydrogens (primary N) is 1. The molecular formula is C12H21N. The van der Waals surface area contributed by atoms with Crippen LogP contribution in [0.2, 0.25) is 0 Å². The Labute approximate surface area is 81.1 Å². The van der Waals surface area contributed by atoms with Gasteiger partial charge in [0.25, 0.3) is 0 Å². The van der Waals surface area contributed by atoms with E-state index in [2.05, 4.69) is 6.92 Å². The fraction of sp³-hybridized carbons (Fsp3) is 1.00. The Bertz CT molecular complexity index is 209. The second-order valence-electron chi connectivity index (χ2n) is 6.08. The van der Waals surface area contributed by atoms with Crippen LogP contribution in [-0.2, 0) is 0 Å². The van der Waals surface area contributed by atoms with Crippen molar-refractivity contribution in [3.63, 3.8) is 0 Å². The molecule has 0 aliphatic heterocycles. The van der Waals surface area contributed by atoms with Crippen LogP contribution in [0, 0.1) is 23.7 Å². The highest BCUT2D eigenvalue weighted by molar-refractivity contribution is 5.04. The molecule has 3 unspecified atom stereocenters. The third kappa shape index (κ3) is 1.16. The van der Waals surface area contributed by atoms with Gasteiger partial charge in [0, 0.05) is 5.54 Å². The van der Waals surface area contributed by atoms with E-state index in [0.29, 0.717) is 0 Å². The number of rotatable bonds is 0. The molecule has 4 bridgehead atoms. The molecule has 0 aromatic carbocycles. The topological polar surface area (TPSA) is 26.0 Å². The van der Waals surface area contributed by atoms with Crippen molar-refractivity contribution in [1.82, 2.24) is 0 Å². The van der Waals surface area contributed by atoms with Crippen LogP contribution >= 0.6 is 0 Å². The van der Waals surface area contributed by atoms with E-state index in [-0.39, 0.29) is 5.54 Å². The van der Waals surface area contributed by atoms with Gasteiger partial charge in [-0.25, -0.2) is 0 Å². The van der Waals surface area contributed by atoms with Crippen molar-refractivity contribution in [1.29, 1.82) is 0 Å². The van der Waals surface area contributed by atoms with Crippen LogP contribution in [0.4, 0.5) is 0 Å². The Kier molecular flexibility index (Phi) is 1.59. The fourth-order valence-electron chi connectivity index (χ4n) is 4.52. The summed E-state index contributed by atoms with van der Waals surface area (Å²) in [5.74, 6) is 3.80. The van der Waals surface area contributed by atoms with Crippen molar-refractivity contribution in [2.75, 3.05) is 0 Å². The molecule has 0 aromatic heterocycles. The third-order valence-corrected chi connectivity index (χ3v) is 5.01. The first-order valence-electron chi connectivity index (χ1n) is 5.94. The van der Waals surface area contributed by atoms with E-state index in [0.717, 1.165) is 23.7 Å². The molecule has 4 aliphatic rings. The molecule has 4 saturated carbocycles. The Morgan fingerprint density at radius 2 is 1.46 bits per heavy atom. The maximum Gasteiger partial charge on any atom is 0.0185 e. The van der Waals surface area contributed by atoms with E-state index in [1.165, 1.54) is 38.5 Å². The van der Waals surface area contributed by atoms with E-state index < -0.39 is 0 Å². The predicted molar refractivity (Wildman–Crippen MR) is 54.3 cm³/mol. The molecule has 4 aliphatic carbocycles. The summed E-state index contributed by atoms with van der Waals surface area (Å²) in [5.41, 5.74) is 6.80. The van der Waals surface area contributed by atoms with Crippen molar-refractivity contribution in [3.8, 4) is 0 Å². The monoisotopic (exact) mass is 179 g/mol. The van der Waals surface area contributed by atoms with Crippen LogP contribution in [0.5, 0.6) is 0 Å². The lowest BCUT2D eigenvalue weighted by molar-refractivity contribution is 0.105. The molecule has 0 aromatic rings. The smallest absolute Gasteiger partial charge is 0.0185 e. The molecule has 4 fully saturated rings. The van der Waals surface area contributed by atoms with E-state index in [4.69, 9.17) is 5.73 Å². The SMILES string of the molecule is CC1CC2CC3CC(C2)CC1(N)C3. The number of hydrogen-bond donors (Lipinski definition) is 1. The van der Waals surface area contributed by atoms with E-state index in [9.17, 15) is 0 Å². The lowest BCUT2D eigenvalue weighted by Gasteiger charge is -2.44. The Balaban J connectivity index is 1.97. The Hall–Kier alpha value is -0.0400. The van der Waals surface area contributed by atoms with Gasteiger partial charge in [0.1, 0.15) is 0 Å². The summed E-state index contributed by atoms with van der Waals surface area (Å²) in [6, 6.07) is 0. The quantitative estimate of drug-likeness (QED) is 0.607. The van der Waals surface area contributed by atoms with Crippen LogP contribution in [0.15, 0.2) is 0 Å². The lowest BCUT2D eigenvalue weighted by Crippen LogP contribution is -2.50. The molecule has 0 amide bonds. The molecule has 0 heterocycles. The normalized spacial score (nSPS) is 59.5. The molecule has 74 valence electrons. The van der Waals surface area contributed by atoms with Gasteiger partial charge in [-0.1, -0.05) is 6.92 Å². The molecule has 1 nitrogen and oxygen atoms in total. The van der Waals surface area contributed by atoms with Crippen LogP contribution in [0.1, 0.15) is 45.4 Å². The first-order valence-corrected chi connectivity index (χ1v) is 5.94. The summed E-state index contributed by atoms with van der Waals surface area (Å²) in [6.45, 7) is 2.39. The molecular weight excluding hydrogens is 158 g/mol. The van der Waals surface area contributed by atoms with Gasteiger partial charge in [0.2, 0.25) is 0 Å². The van der Waals surface area contributed by atoms with Gasteiger partial charge in [0.05, 0.1) is 0 Å². The van der Waals surface area contributed by atoms with Crippen LogP contribution in [0.3, 0.4) is 0 Å². The van der Waals surface area contributed by atoms with Gasteiger partial charge in [-0.3, -0.25) is 0 Å². The summed E-state index contributed by atoms with van der Waals surface area (Å²) in [6.07, 6.45) is 8.59. The standard InChI is InChI=1S/C12H21N/c1-8-2-9-3-10-5-11(4-9)7-12(8,13)6-10/h8-11H,2-7,13H2,1H3. The average molecular weight is 179 g/mol. The van der Waals surface area contributed by atoms with Crippen molar-refractivity contribution in [2.45, 2.75) is 51.0 Å². The largest absolute Gasteiger partial charge is 0.325 e. The summed E-state index contributed by atoms with van der Waals surface area (Å²) in [4.78, 5) is 0. The van der Waals surface area contributed by atoms with E-state index >= 15 is 0 Å². The Morgan fingerprint density at radius 1 is 0.923 bits per heavy atom. The van der Waals surface area contributed by atoms with Gasteiger partial charge < -0.3 is 5.73 Å². The second kappa shape index (κ2) is 2.50. The number of fused-ring (bicyclic) bond motifs is 1. The molecule has 2 N–H and O–H groups in total. The van der Waals surface area contributed by atoms with Gasteiger partial charge in [-0.15, -0.1) is 0 Å². The third-order valence-electron chi connectivity index (χ3n) is 5.01. The predicted octanol–water partition coefficient (Wildman–Crippen LogP) is 2.55. The molecule has 3 atom stereocenters. The van der Waals surface area contributed by atoms with Gasteiger partial charge in [0.15, 0.2) is 0 Å². The molecule has 4 rings (SSSR count).